The van der Waals surface area contributed by atoms with Crippen molar-refractivity contribution in [3.63, 3.8) is 0 Å². The molecule has 1 saturated heterocycles. The van der Waals surface area contributed by atoms with Gasteiger partial charge in [-0.05, 0) is 74.9 Å². The first-order valence-corrected chi connectivity index (χ1v) is 15.8. The van der Waals surface area contributed by atoms with Crippen LogP contribution in [0.1, 0.15) is 70.8 Å². The Kier molecular flexibility index (Phi) is 8.70. The number of anilines is 1. The van der Waals surface area contributed by atoms with Crippen molar-refractivity contribution in [3.8, 4) is 5.69 Å². The van der Waals surface area contributed by atoms with Gasteiger partial charge < -0.3 is 21.1 Å². The van der Waals surface area contributed by atoms with E-state index in [9.17, 15) is 23.5 Å². The fourth-order valence-electron chi connectivity index (χ4n) is 7.02. The first kappa shape index (κ1) is 32.5. The summed E-state index contributed by atoms with van der Waals surface area (Å²) in [5, 5.41) is 24.0. The van der Waals surface area contributed by atoms with Gasteiger partial charge in [-0.1, -0.05) is 19.9 Å². The molecule has 1 amide bonds. The Morgan fingerprint density at radius 3 is 2.57 bits per heavy atom. The zero-order valence-electron chi connectivity index (χ0n) is 26.8. The minimum absolute atomic E-state index is 0.00127. The molecule has 4 N–H and O–H groups in total. The third-order valence-corrected chi connectivity index (χ3v) is 9.33. The number of aromatic nitrogens is 5. The Hall–Kier alpha value is -4.49. The van der Waals surface area contributed by atoms with E-state index in [1.807, 2.05) is 17.7 Å². The zero-order chi connectivity index (χ0) is 33.5. The van der Waals surface area contributed by atoms with E-state index in [1.54, 1.807) is 12.1 Å². The van der Waals surface area contributed by atoms with Crippen LogP contribution in [0.4, 0.5) is 14.5 Å². The molecule has 1 aliphatic carbocycles. The summed E-state index contributed by atoms with van der Waals surface area (Å²) in [5.74, 6) is -1.74. The maximum atomic E-state index is 14.9. The molecule has 1 atom stereocenters. The second kappa shape index (κ2) is 12.6. The van der Waals surface area contributed by atoms with Gasteiger partial charge in [-0.25, -0.2) is 23.1 Å². The van der Waals surface area contributed by atoms with Crippen molar-refractivity contribution in [2.45, 2.75) is 58.6 Å². The maximum absolute atomic E-state index is 14.9. The Labute approximate surface area is 271 Å². The second-order valence-electron chi connectivity index (χ2n) is 13.7. The lowest BCUT2D eigenvalue weighted by atomic mass is 9.75. The summed E-state index contributed by atoms with van der Waals surface area (Å²) in [6.45, 7) is 7.93. The van der Waals surface area contributed by atoms with Gasteiger partial charge in [0.05, 0.1) is 34.7 Å². The summed E-state index contributed by atoms with van der Waals surface area (Å²) in [6, 6.07) is 8.54. The van der Waals surface area contributed by atoms with E-state index < -0.39 is 23.1 Å². The molecule has 0 saturated carbocycles. The standard InChI is InChI=1S/C34H40F2N8O3/c1-21-31-29(14-33(2,3)15-30(31)45)44(41-21)24-5-6-25(32(37)46)28(13-24)39-16-22-8-10-42(11-9-22)17-34(47,18-43-20-38-19-40-43)26-7-4-23(35)12-27(26)36/h4-7,12-13,19-20,22,39,47H,8-11,14-18H2,1-3H3,(H2,37,46). The van der Waals surface area contributed by atoms with Crippen molar-refractivity contribution in [3.05, 3.63) is 88.8 Å². The number of nitrogens with one attached hydrogen (secondary N) is 1. The minimum atomic E-state index is -1.67. The largest absolute Gasteiger partial charge is 0.384 e. The number of fused-ring (bicyclic) bond motifs is 1. The lowest BCUT2D eigenvalue weighted by Crippen LogP contribution is -2.47. The number of nitrogens with two attached hydrogens (primary N) is 1. The van der Waals surface area contributed by atoms with Gasteiger partial charge in [-0.15, -0.1) is 0 Å². The Morgan fingerprint density at radius 2 is 1.89 bits per heavy atom. The van der Waals surface area contributed by atoms with E-state index in [0.717, 1.165) is 36.4 Å². The SMILES string of the molecule is Cc1nn(-c2ccc(C(N)=O)c(NCC3CCN(CC(O)(Cn4cncn4)c4ccc(F)cc4F)CC3)c2)c2c1C(=O)CC(C)(C)C2. The highest BCUT2D eigenvalue weighted by molar-refractivity contribution is 6.00. The summed E-state index contributed by atoms with van der Waals surface area (Å²) in [4.78, 5) is 31.3. The molecule has 6 rings (SSSR count). The molecule has 0 bridgehead atoms. The van der Waals surface area contributed by atoms with Crippen molar-refractivity contribution in [1.29, 1.82) is 0 Å². The van der Waals surface area contributed by atoms with Crippen molar-refractivity contribution in [2.75, 3.05) is 31.5 Å². The van der Waals surface area contributed by atoms with E-state index in [-0.39, 0.29) is 35.8 Å². The number of benzene rings is 2. The first-order chi connectivity index (χ1) is 22.3. The molecule has 248 valence electrons. The molecule has 4 aromatic rings. The normalized spacial score (nSPS) is 18.1. The van der Waals surface area contributed by atoms with Crippen molar-refractivity contribution >= 4 is 17.4 Å². The quantitative estimate of drug-likeness (QED) is 0.235. The van der Waals surface area contributed by atoms with E-state index >= 15 is 0 Å². The van der Waals surface area contributed by atoms with Gasteiger partial charge in [0.1, 0.15) is 29.9 Å². The number of hydrogen-bond acceptors (Lipinski definition) is 8. The zero-order valence-corrected chi connectivity index (χ0v) is 26.8. The van der Waals surface area contributed by atoms with Crippen LogP contribution in [0.3, 0.4) is 0 Å². The average Bonchev–Trinajstić information content (AvgIpc) is 3.62. The summed E-state index contributed by atoms with van der Waals surface area (Å²) in [6.07, 6.45) is 5.53. The van der Waals surface area contributed by atoms with Crippen LogP contribution < -0.4 is 11.1 Å². The number of hydrogen-bond donors (Lipinski definition) is 3. The maximum Gasteiger partial charge on any atom is 0.250 e. The average molecular weight is 647 g/mol. The molecule has 1 fully saturated rings. The van der Waals surface area contributed by atoms with Crippen molar-refractivity contribution in [1.82, 2.24) is 29.4 Å². The van der Waals surface area contributed by atoms with Crippen LogP contribution in [0, 0.1) is 29.9 Å². The lowest BCUT2D eigenvalue weighted by molar-refractivity contribution is -0.0283. The number of Topliss-reactive ketones (excluding diaryl/α,β-unsaturated/α-hetero) is 1. The number of amides is 1. The molecular formula is C34H40F2N8O3. The number of carbonyl (C=O) groups excluding carboxylic acids is 2. The summed E-state index contributed by atoms with van der Waals surface area (Å²) < 4.78 is 31.8. The number of ketones is 1. The number of β-amino-alcohol motifs (C(OH)–C–C–N with tert-alkyl or cyclic N) is 1. The lowest BCUT2D eigenvalue weighted by Gasteiger charge is -2.38. The predicted octanol–water partition coefficient (Wildman–Crippen LogP) is 4.02. The molecule has 2 aromatic heterocycles. The van der Waals surface area contributed by atoms with Crippen LogP contribution in [0.5, 0.6) is 0 Å². The summed E-state index contributed by atoms with van der Waals surface area (Å²) >= 11 is 0. The van der Waals surface area contributed by atoms with Gasteiger partial charge in [-0.3, -0.25) is 9.59 Å². The van der Waals surface area contributed by atoms with Gasteiger partial charge in [0.2, 0.25) is 0 Å². The van der Waals surface area contributed by atoms with Gasteiger partial charge in [-0.2, -0.15) is 10.2 Å². The third-order valence-electron chi connectivity index (χ3n) is 9.33. The van der Waals surface area contributed by atoms with Crippen molar-refractivity contribution in [2.24, 2.45) is 17.1 Å². The number of aryl methyl sites for hydroxylation is 1. The molecule has 2 aromatic carbocycles. The molecule has 0 radical (unpaired) electrons. The van der Waals surface area contributed by atoms with Crippen LogP contribution >= 0.6 is 0 Å². The number of piperidine rings is 1. The van der Waals surface area contributed by atoms with Crippen LogP contribution in [0.2, 0.25) is 0 Å². The van der Waals surface area contributed by atoms with Crippen LogP contribution in [0.15, 0.2) is 49.1 Å². The van der Waals surface area contributed by atoms with E-state index in [4.69, 9.17) is 10.8 Å². The summed E-state index contributed by atoms with van der Waals surface area (Å²) in [5.41, 5.74) is 7.82. The fraction of sp³-hybridized carbons (Fsp3) is 0.441. The monoisotopic (exact) mass is 646 g/mol. The van der Waals surface area contributed by atoms with Gasteiger partial charge in [0.15, 0.2) is 5.78 Å². The van der Waals surface area contributed by atoms with Crippen LogP contribution in [-0.2, 0) is 18.6 Å². The van der Waals surface area contributed by atoms with E-state index in [2.05, 4.69) is 34.1 Å². The smallest absolute Gasteiger partial charge is 0.250 e. The molecule has 1 unspecified atom stereocenters. The molecule has 2 aliphatic rings. The summed E-state index contributed by atoms with van der Waals surface area (Å²) in [7, 11) is 0. The molecule has 47 heavy (non-hydrogen) atoms. The highest BCUT2D eigenvalue weighted by Crippen LogP contribution is 2.37. The van der Waals surface area contributed by atoms with E-state index in [1.165, 1.54) is 23.4 Å². The number of rotatable bonds is 10. The molecule has 1 aliphatic heterocycles. The first-order valence-electron chi connectivity index (χ1n) is 15.8. The van der Waals surface area contributed by atoms with Gasteiger partial charge in [0.25, 0.3) is 5.91 Å². The minimum Gasteiger partial charge on any atom is -0.384 e. The fourth-order valence-corrected chi connectivity index (χ4v) is 7.02. The van der Waals surface area contributed by atoms with Crippen LogP contribution in [-0.4, -0.2) is 72.4 Å². The Morgan fingerprint density at radius 1 is 1.13 bits per heavy atom. The topological polar surface area (TPSA) is 144 Å². The molecule has 0 spiro atoms. The highest BCUT2D eigenvalue weighted by Gasteiger charge is 2.37. The molecule has 13 heteroatoms. The molecule has 3 heterocycles. The number of likely N-dealkylation sites (tertiary alicyclic amines) is 1. The highest BCUT2D eigenvalue weighted by atomic mass is 19.1. The van der Waals surface area contributed by atoms with Crippen LogP contribution in [0.25, 0.3) is 5.69 Å². The number of primary amides is 1. The second-order valence-corrected chi connectivity index (χ2v) is 13.7. The third kappa shape index (κ3) is 6.82. The Balaban J connectivity index is 1.15. The number of aliphatic hydroxyl groups is 1. The number of nitrogens with zero attached hydrogens (tertiary/aromatic N) is 6. The Bertz CT molecular complexity index is 1800. The number of halogens is 2. The van der Waals surface area contributed by atoms with E-state index in [0.29, 0.717) is 55.0 Å². The molecule has 11 nitrogen and oxygen atoms in total. The van der Waals surface area contributed by atoms with Gasteiger partial charge in [0, 0.05) is 36.8 Å². The van der Waals surface area contributed by atoms with Crippen molar-refractivity contribution < 1.29 is 23.5 Å². The van der Waals surface area contributed by atoms with Gasteiger partial charge >= 0.3 is 0 Å². The molecular weight excluding hydrogens is 606 g/mol. The predicted molar refractivity (Wildman–Crippen MR) is 171 cm³/mol. The number of carbonyl (C=O) groups is 2.